The summed E-state index contributed by atoms with van der Waals surface area (Å²) in [5.41, 5.74) is 1.34. The van der Waals surface area contributed by atoms with Crippen LogP contribution in [0, 0.1) is 11.8 Å². The van der Waals surface area contributed by atoms with Crippen molar-refractivity contribution in [2.24, 2.45) is 11.8 Å². The Kier molecular flexibility index (Phi) is 7.03. The zero-order valence-electron chi connectivity index (χ0n) is 9.90. The molecule has 0 saturated carbocycles. The zero-order valence-corrected chi connectivity index (χ0v) is 9.90. The van der Waals surface area contributed by atoms with Crippen LogP contribution in [-0.2, 0) is 0 Å². The summed E-state index contributed by atoms with van der Waals surface area (Å²) < 4.78 is 0. The molecule has 13 heavy (non-hydrogen) atoms. The van der Waals surface area contributed by atoms with Gasteiger partial charge in [-0.3, -0.25) is 0 Å². The van der Waals surface area contributed by atoms with Crippen LogP contribution in [0.2, 0.25) is 0 Å². The Hall–Kier alpha value is -0.260. The maximum absolute atomic E-state index is 4.00. The largest absolute Gasteiger partial charge is 0.100 e. The summed E-state index contributed by atoms with van der Waals surface area (Å²) in [7, 11) is 0. The molecule has 2 unspecified atom stereocenters. The molecule has 0 aliphatic carbocycles. The van der Waals surface area contributed by atoms with Gasteiger partial charge in [-0.1, -0.05) is 45.6 Å². The van der Waals surface area contributed by atoms with E-state index in [2.05, 4.69) is 34.3 Å². The summed E-state index contributed by atoms with van der Waals surface area (Å²) in [5.74, 6) is 1.77. The van der Waals surface area contributed by atoms with Crippen molar-refractivity contribution in [3.05, 3.63) is 12.2 Å². The molecule has 0 aromatic heterocycles. The van der Waals surface area contributed by atoms with Crippen LogP contribution in [0.3, 0.4) is 0 Å². The van der Waals surface area contributed by atoms with Crippen LogP contribution in [0.5, 0.6) is 0 Å². The van der Waals surface area contributed by atoms with E-state index in [1.807, 2.05) is 0 Å². The molecule has 0 fully saturated rings. The van der Waals surface area contributed by atoms with Crippen molar-refractivity contribution in [1.29, 1.82) is 0 Å². The van der Waals surface area contributed by atoms with Crippen LogP contribution in [0.25, 0.3) is 0 Å². The normalized spacial score (nSPS) is 15.4. The van der Waals surface area contributed by atoms with Crippen LogP contribution in [0.4, 0.5) is 0 Å². The van der Waals surface area contributed by atoms with Crippen LogP contribution < -0.4 is 0 Å². The number of hydrogen-bond acceptors (Lipinski definition) is 0. The third-order valence-corrected chi connectivity index (χ3v) is 2.73. The first-order valence-corrected chi connectivity index (χ1v) is 5.74. The van der Waals surface area contributed by atoms with Gasteiger partial charge in [0.25, 0.3) is 0 Å². The smallest absolute Gasteiger partial charge is 0.0297 e. The van der Waals surface area contributed by atoms with E-state index in [-0.39, 0.29) is 0 Å². The molecule has 0 heterocycles. The van der Waals surface area contributed by atoms with Gasteiger partial charge in [-0.2, -0.15) is 0 Å². The fourth-order valence-electron chi connectivity index (χ4n) is 2.07. The average molecular weight is 182 g/mol. The van der Waals surface area contributed by atoms with Crippen LogP contribution >= 0.6 is 0 Å². The van der Waals surface area contributed by atoms with Gasteiger partial charge in [0.2, 0.25) is 0 Å². The second kappa shape index (κ2) is 7.17. The predicted octanol–water partition coefficient (Wildman–Crippen LogP) is 4.81. The Morgan fingerprint density at radius 3 is 2.31 bits per heavy atom. The highest BCUT2D eigenvalue weighted by Crippen LogP contribution is 2.24. The van der Waals surface area contributed by atoms with Gasteiger partial charge in [-0.15, -0.1) is 6.58 Å². The molecule has 0 saturated heterocycles. The summed E-state index contributed by atoms with van der Waals surface area (Å²) in [4.78, 5) is 0. The quantitative estimate of drug-likeness (QED) is 0.496. The second-order valence-corrected chi connectivity index (χ2v) is 4.57. The van der Waals surface area contributed by atoms with Gasteiger partial charge in [0.05, 0.1) is 0 Å². The Labute approximate surface area is 84.4 Å². The lowest BCUT2D eigenvalue weighted by Gasteiger charge is -2.19. The third-order valence-electron chi connectivity index (χ3n) is 2.73. The molecule has 0 bridgehead atoms. The van der Waals surface area contributed by atoms with Crippen molar-refractivity contribution in [3.8, 4) is 0 Å². The third kappa shape index (κ3) is 6.86. The zero-order chi connectivity index (χ0) is 10.3. The SMILES string of the molecule is C=C(C)CC(CC)CC(C)CCC. The van der Waals surface area contributed by atoms with Crippen molar-refractivity contribution < 1.29 is 0 Å². The summed E-state index contributed by atoms with van der Waals surface area (Å²) in [5, 5.41) is 0. The highest BCUT2D eigenvalue weighted by atomic mass is 14.2. The van der Waals surface area contributed by atoms with E-state index in [9.17, 15) is 0 Å². The molecular weight excluding hydrogens is 156 g/mol. The number of hydrogen-bond donors (Lipinski definition) is 0. The van der Waals surface area contributed by atoms with E-state index < -0.39 is 0 Å². The molecule has 78 valence electrons. The Bertz CT molecular complexity index is 135. The molecule has 0 aromatic carbocycles. The molecule has 0 aliphatic rings. The monoisotopic (exact) mass is 182 g/mol. The van der Waals surface area contributed by atoms with Gasteiger partial charge < -0.3 is 0 Å². The van der Waals surface area contributed by atoms with E-state index in [1.54, 1.807) is 0 Å². The Balaban J connectivity index is 3.75. The second-order valence-electron chi connectivity index (χ2n) is 4.57. The van der Waals surface area contributed by atoms with Crippen LogP contribution in [0.1, 0.15) is 59.8 Å². The number of allylic oxidation sites excluding steroid dienone is 1. The lowest BCUT2D eigenvalue weighted by molar-refractivity contribution is 0.360. The van der Waals surface area contributed by atoms with Crippen LogP contribution in [0.15, 0.2) is 12.2 Å². The molecule has 0 nitrogen and oxygen atoms in total. The Morgan fingerprint density at radius 1 is 1.31 bits per heavy atom. The number of rotatable bonds is 7. The van der Waals surface area contributed by atoms with Gasteiger partial charge in [0.15, 0.2) is 0 Å². The minimum atomic E-state index is 0.874. The van der Waals surface area contributed by atoms with Crippen LogP contribution in [-0.4, -0.2) is 0 Å². The first kappa shape index (κ1) is 12.7. The fraction of sp³-hybridized carbons (Fsp3) is 0.846. The van der Waals surface area contributed by atoms with Crippen molar-refractivity contribution in [3.63, 3.8) is 0 Å². The summed E-state index contributed by atoms with van der Waals surface area (Å²) in [6.45, 7) is 13.1. The summed E-state index contributed by atoms with van der Waals surface area (Å²) >= 11 is 0. The highest BCUT2D eigenvalue weighted by Gasteiger charge is 2.10. The maximum Gasteiger partial charge on any atom is -0.0297 e. The minimum absolute atomic E-state index is 0.874. The standard InChI is InChI=1S/C13H26/c1-6-8-12(5)10-13(7-2)9-11(3)4/h12-13H,3,6-10H2,1-2,4-5H3. The van der Waals surface area contributed by atoms with Gasteiger partial charge >= 0.3 is 0 Å². The van der Waals surface area contributed by atoms with Crippen molar-refractivity contribution >= 4 is 0 Å². The lowest BCUT2D eigenvalue weighted by atomic mass is 9.87. The molecule has 0 heteroatoms. The van der Waals surface area contributed by atoms with Gasteiger partial charge in [-0.05, 0) is 31.6 Å². The maximum atomic E-state index is 4.00. The molecule has 0 rings (SSSR count). The Morgan fingerprint density at radius 2 is 1.92 bits per heavy atom. The van der Waals surface area contributed by atoms with E-state index >= 15 is 0 Å². The molecular formula is C13H26. The molecule has 0 radical (unpaired) electrons. The van der Waals surface area contributed by atoms with Crippen molar-refractivity contribution in [1.82, 2.24) is 0 Å². The van der Waals surface area contributed by atoms with E-state index in [0.717, 1.165) is 11.8 Å². The van der Waals surface area contributed by atoms with E-state index in [0.29, 0.717) is 0 Å². The van der Waals surface area contributed by atoms with Crippen molar-refractivity contribution in [2.75, 3.05) is 0 Å². The van der Waals surface area contributed by atoms with Gasteiger partial charge in [0.1, 0.15) is 0 Å². The molecule has 2 atom stereocenters. The van der Waals surface area contributed by atoms with Crippen molar-refractivity contribution in [2.45, 2.75) is 59.8 Å². The molecule has 0 aromatic rings. The average Bonchev–Trinajstić information content (AvgIpc) is 2.02. The topological polar surface area (TPSA) is 0 Å². The fourth-order valence-corrected chi connectivity index (χ4v) is 2.07. The molecule has 0 N–H and O–H groups in total. The first-order valence-electron chi connectivity index (χ1n) is 5.74. The van der Waals surface area contributed by atoms with E-state index in [4.69, 9.17) is 0 Å². The predicted molar refractivity (Wildman–Crippen MR) is 61.9 cm³/mol. The lowest BCUT2D eigenvalue weighted by Crippen LogP contribution is -2.06. The minimum Gasteiger partial charge on any atom is -0.100 e. The molecule has 0 aliphatic heterocycles. The molecule has 0 amide bonds. The summed E-state index contributed by atoms with van der Waals surface area (Å²) in [6.07, 6.45) is 6.63. The van der Waals surface area contributed by atoms with E-state index in [1.165, 1.54) is 37.7 Å². The highest BCUT2D eigenvalue weighted by molar-refractivity contribution is 4.90. The van der Waals surface area contributed by atoms with Gasteiger partial charge in [0, 0.05) is 0 Å². The first-order chi connectivity index (χ1) is 6.10. The van der Waals surface area contributed by atoms with Gasteiger partial charge in [-0.25, -0.2) is 0 Å². The molecule has 0 spiro atoms. The summed E-state index contributed by atoms with van der Waals surface area (Å²) in [6, 6.07) is 0.